The van der Waals surface area contributed by atoms with Crippen molar-refractivity contribution in [3.8, 4) is 5.75 Å². The fourth-order valence-corrected chi connectivity index (χ4v) is 1.49. The largest absolute Gasteiger partial charge is 0.496 e. The normalized spacial score (nSPS) is 12.5. The molecule has 78 valence electrons. The van der Waals surface area contributed by atoms with E-state index in [1.165, 1.54) is 0 Å². The molecule has 1 aromatic rings. The fraction of sp³-hybridized carbons (Fsp3) is 0.500. The van der Waals surface area contributed by atoms with Crippen molar-refractivity contribution in [2.24, 2.45) is 0 Å². The van der Waals surface area contributed by atoms with Gasteiger partial charge in [0.2, 0.25) is 0 Å². The molecule has 0 spiro atoms. The van der Waals surface area contributed by atoms with Crippen LogP contribution in [-0.4, -0.2) is 12.2 Å². The molecular weight excluding hydrogens is 176 g/mol. The highest BCUT2D eigenvalue weighted by Crippen LogP contribution is 2.27. The number of unbranched alkanes of at least 4 members (excludes halogenated alkanes) is 1. The van der Waals surface area contributed by atoms with Crippen molar-refractivity contribution in [3.05, 3.63) is 29.8 Å². The SMILES string of the molecule is CCCCC(O)c1ccccc1OC. The zero-order valence-corrected chi connectivity index (χ0v) is 8.86. The Morgan fingerprint density at radius 3 is 2.71 bits per heavy atom. The first kappa shape index (κ1) is 11.1. The first-order chi connectivity index (χ1) is 6.79. The van der Waals surface area contributed by atoms with E-state index in [4.69, 9.17) is 4.74 Å². The Morgan fingerprint density at radius 1 is 1.36 bits per heavy atom. The molecule has 0 radical (unpaired) electrons. The van der Waals surface area contributed by atoms with E-state index < -0.39 is 6.10 Å². The van der Waals surface area contributed by atoms with Crippen LogP contribution in [0.1, 0.15) is 37.9 Å². The van der Waals surface area contributed by atoms with Crippen molar-refractivity contribution < 1.29 is 9.84 Å². The Hall–Kier alpha value is -1.02. The number of benzene rings is 1. The van der Waals surface area contributed by atoms with Crippen molar-refractivity contribution in [2.75, 3.05) is 7.11 Å². The van der Waals surface area contributed by atoms with Gasteiger partial charge in [0, 0.05) is 5.56 Å². The van der Waals surface area contributed by atoms with Gasteiger partial charge in [-0.15, -0.1) is 0 Å². The second-order valence-corrected chi connectivity index (χ2v) is 3.40. The number of ether oxygens (including phenoxy) is 1. The van der Waals surface area contributed by atoms with E-state index in [9.17, 15) is 5.11 Å². The summed E-state index contributed by atoms with van der Waals surface area (Å²) in [6.45, 7) is 2.12. The summed E-state index contributed by atoms with van der Waals surface area (Å²) in [4.78, 5) is 0. The van der Waals surface area contributed by atoms with Crippen LogP contribution in [0, 0.1) is 0 Å². The van der Waals surface area contributed by atoms with E-state index in [1.807, 2.05) is 24.3 Å². The van der Waals surface area contributed by atoms with Crippen molar-refractivity contribution in [1.29, 1.82) is 0 Å². The Morgan fingerprint density at radius 2 is 2.07 bits per heavy atom. The third-order valence-electron chi connectivity index (χ3n) is 2.33. The van der Waals surface area contributed by atoms with Gasteiger partial charge < -0.3 is 9.84 Å². The molecule has 2 nitrogen and oxygen atoms in total. The third-order valence-corrected chi connectivity index (χ3v) is 2.33. The van der Waals surface area contributed by atoms with Crippen LogP contribution < -0.4 is 4.74 Å². The molecule has 1 unspecified atom stereocenters. The van der Waals surface area contributed by atoms with Crippen molar-refractivity contribution >= 4 is 0 Å². The highest BCUT2D eigenvalue weighted by Gasteiger charge is 2.11. The van der Waals surface area contributed by atoms with Crippen molar-refractivity contribution in [3.63, 3.8) is 0 Å². The van der Waals surface area contributed by atoms with E-state index in [0.29, 0.717) is 0 Å². The van der Waals surface area contributed by atoms with Crippen LogP contribution in [0.25, 0.3) is 0 Å². The number of rotatable bonds is 5. The van der Waals surface area contributed by atoms with E-state index >= 15 is 0 Å². The van der Waals surface area contributed by atoms with Gasteiger partial charge in [0.15, 0.2) is 0 Å². The van der Waals surface area contributed by atoms with Gasteiger partial charge in [-0.2, -0.15) is 0 Å². The van der Waals surface area contributed by atoms with Gasteiger partial charge in [-0.3, -0.25) is 0 Å². The van der Waals surface area contributed by atoms with Gasteiger partial charge >= 0.3 is 0 Å². The minimum absolute atomic E-state index is 0.397. The van der Waals surface area contributed by atoms with Crippen LogP contribution in [0.2, 0.25) is 0 Å². The zero-order chi connectivity index (χ0) is 10.4. The van der Waals surface area contributed by atoms with Gasteiger partial charge in [0.1, 0.15) is 5.75 Å². The Labute approximate surface area is 85.5 Å². The van der Waals surface area contributed by atoms with Crippen LogP contribution in [0.15, 0.2) is 24.3 Å². The number of methoxy groups -OCH3 is 1. The molecule has 0 fully saturated rings. The average Bonchev–Trinajstić information content (AvgIpc) is 2.25. The maximum Gasteiger partial charge on any atom is 0.124 e. The van der Waals surface area contributed by atoms with Crippen molar-refractivity contribution in [2.45, 2.75) is 32.3 Å². The zero-order valence-electron chi connectivity index (χ0n) is 8.86. The molecule has 0 heterocycles. The molecule has 0 amide bonds. The fourth-order valence-electron chi connectivity index (χ4n) is 1.49. The molecular formula is C12H18O2. The Balaban J connectivity index is 2.72. The topological polar surface area (TPSA) is 29.5 Å². The first-order valence-corrected chi connectivity index (χ1v) is 5.10. The lowest BCUT2D eigenvalue weighted by molar-refractivity contribution is 0.160. The highest BCUT2D eigenvalue weighted by molar-refractivity contribution is 5.34. The molecule has 1 atom stereocenters. The quantitative estimate of drug-likeness (QED) is 0.781. The highest BCUT2D eigenvalue weighted by atomic mass is 16.5. The molecule has 1 aromatic carbocycles. The number of aliphatic hydroxyl groups is 1. The number of hydrogen-bond donors (Lipinski definition) is 1. The molecule has 0 aromatic heterocycles. The monoisotopic (exact) mass is 194 g/mol. The summed E-state index contributed by atoms with van der Waals surface area (Å²) in [5.41, 5.74) is 0.892. The predicted molar refractivity (Wildman–Crippen MR) is 57.5 cm³/mol. The molecule has 2 heteroatoms. The summed E-state index contributed by atoms with van der Waals surface area (Å²) in [5, 5.41) is 9.88. The van der Waals surface area contributed by atoms with Crippen LogP contribution in [0.5, 0.6) is 5.75 Å². The average molecular weight is 194 g/mol. The standard InChI is InChI=1S/C12H18O2/c1-3-4-8-11(13)10-7-5-6-9-12(10)14-2/h5-7,9,11,13H,3-4,8H2,1-2H3. The minimum Gasteiger partial charge on any atom is -0.496 e. The molecule has 0 aliphatic rings. The first-order valence-electron chi connectivity index (χ1n) is 5.10. The lowest BCUT2D eigenvalue weighted by atomic mass is 10.0. The van der Waals surface area contributed by atoms with Crippen molar-refractivity contribution in [1.82, 2.24) is 0 Å². The molecule has 0 bridgehead atoms. The van der Waals surface area contributed by atoms with Gasteiger partial charge in [0.05, 0.1) is 13.2 Å². The molecule has 0 aliphatic carbocycles. The molecule has 0 aliphatic heterocycles. The van der Waals surface area contributed by atoms with Crippen LogP contribution in [0.3, 0.4) is 0 Å². The molecule has 14 heavy (non-hydrogen) atoms. The van der Waals surface area contributed by atoms with E-state index in [1.54, 1.807) is 7.11 Å². The number of hydrogen-bond acceptors (Lipinski definition) is 2. The molecule has 1 rings (SSSR count). The maximum absolute atomic E-state index is 9.88. The Kier molecular flexibility index (Phi) is 4.47. The van der Waals surface area contributed by atoms with Gasteiger partial charge in [-0.05, 0) is 12.5 Å². The van der Waals surface area contributed by atoms with Crippen LogP contribution in [0.4, 0.5) is 0 Å². The van der Waals surface area contributed by atoms with E-state index in [2.05, 4.69) is 6.92 Å². The summed E-state index contributed by atoms with van der Waals surface area (Å²) in [6, 6.07) is 7.63. The van der Waals surface area contributed by atoms with E-state index in [0.717, 1.165) is 30.6 Å². The second kappa shape index (κ2) is 5.66. The molecule has 1 N–H and O–H groups in total. The summed E-state index contributed by atoms with van der Waals surface area (Å²) >= 11 is 0. The third kappa shape index (κ3) is 2.74. The number of aliphatic hydroxyl groups excluding tert-OH is 1. The maximum atomic E-state index is 9.88. The summed E-state index contributed by atoms with van der Waals surface area (Å²) in [6.07, 6.45) is 2.55. The smallest absolute Gasteiger partial charge is 0.124 e. The van der Waals surface area contributed by atoms with Gasteiger partial charge in [-0.1, -0.05) is 38.0 Å². The van der Waals surface area contributed by atoms with Gasteiger partial charge in [0.25, 0.3) is 0 Å². The molecule has 0 saturated carbocycles. The predicted octanol–water partition coefficient (Wildman–Crippen LogP) is 2.92. The lowest BCUT2D eigenvalue weighted by Gasteiger charge is -2.13. The Bertz CT molecular complexity index is 271. The number of para-hydroxylation sites is 1. The lowest BCUT2D eigenvalue weighted by Crippen LogP contribution is -2.00. The van der Waals surface area contributed by atoms with Gasteiger partial charge in [-0.25, -0.2) is 0 Å². The minimum atomic E-state index is -0.397. The molecule has 0 saturated heterocycles. The summed E-state index contributed by atoms with van der Waals surface area (Å²) < 4.78 is 5.19. The van der Waals surface area contributed by atoms with Crippen LogP contribution >= 0.6 is 0 Å². The van der Waals surface area contributed by atoms with Crippen LogP contribution in [-0.2, 0) is 0 Å². The summed E-state index contributed by atoms with van der Waals surface area (Å²) in [7, 11) is 1.63. The van der Waals surface area contributed by atoms with E-state index in [-0.39, 0.29) is 0 Å². The summed E-state index contributed by atoms with van der Waals surface area (Å²) in [5.74, 6) is 0.774. The second-order valence-electron chi connectivity index (χ2n) is 3.40.